The van der Waals surface area contributed by atoms with Gasteiger partial charge in [0.25, 0.3) is 11.8 Å². The average Bonchev–Trinajstić information content (AvgIpc) is 2.73. The minimum atomic E-state index is -2.80. The summed E-state index contributed by atoms with van der Waals surface area (Å²) in [6.45, 7) is 2.05. The van der Waals surface area contributed by atoms with Crippen LogP contribution in [0.15, 0.2) is 17.2 Å². The summed E-state index contributed by atoms with van der Waals surface area (Å²) in [6.07, 6.45) is 0.836. The van der Waals surface area contributed by atoms with E-state index in [1.165, 1.54) is 0 Å². The van der Waals surface area contributed by atoms with Gasteiger partial charge in [0.05, 0.1) is 17.1 Å². The molecule has 2 rings (SSSR count). The predicted octanol–water partition coefficient (Wildman–Crippen LogP) is -0.363. The van der Waals surface area contributed by atoms with Gasteiger partial charge in [-0.3, -0.25) is 14.4 Å². The van der Waals surface area contributed by atoms with E-state index in [0.717, 1.165) is 30.2 Å². The Balaban J connectivity index is 2.06. The number of likely N-dealkylation sites (tertiary alicyclic amines) is 1. The molecule has 6 N–H and O–H groups in total. The summed E-state index contributed by atoms with van der Waals surface area (Å²) in [4.78, 5) is 48.7. The second kappa shape index (κ2) is 10.1. The van der Waals surface area contributed by atoms with Gasteiger partial charge in [-0.2, -0.15) is 5.10 Å². The zero-order valence-corrected chi connectivity index (χ0v) is 18.9. The Morgan fingerprint density at radius 1 is 1.39 bits per heavy atom. The molecule has 4 atom stereocenters. The summed E-state index contributed by atoms with van der Waals surface area (Å²) < 4.78 is 19.6. The largest absolute Gasteiger partial charge is 0.504 e. The Labute approximate surface area is 194 Å². The average molecular weight is 505 g/mol. The van der Waals surface area contributed by atoms with E-state index < -0.39 is 74.7 Å². The first kappa shape index (κ1) is 26.0. The zero-order chi connectivity index (χ0) is 25.1. The molecule has 1 aromatic rings. The Bertz CT molecular complexity index is 1050. The molecular weight excluding hydrogens is 484 g/mol. The van der Waals surface area contributed by atoms with Crippen molar-refractivity contribution in [3.05, 3.63) is 22.7 Å². The number of carbonyl (C=O) groups excluding carboxylic acids is 3. The van der Waals surface area contributed by atoms with Crippen molar-refractivity contribution in [3.63, 3.8) is 0 Å². The van der Waals surface area contributed by atoms with Crippen molar-refractivity contribution >= 4 is 52.6 Å². The fourth-order valence-corrected chi connectivity index (χ4v) is 3.89. The quantitative estimate of drug-likeness (QED) is 0.0851. The fraction of sp³-hybridized carbons (Fsp3) is 0.389. The van der Waals surface area contributed by atoms with E-state index in [-0.39, 0.29) is 12.0 Å². The molecule has 3 amide bonds. The number of rotatable bonds is 9. The number of hydrazone groups is 1. The standard InChI is InChI=1S/C18H21ClN4O9S/c1-8-5-12(26)23(8)15(17(29)30)18(2,33(31)32)7-21-22-11(25)6-20-16(28)9-3-4-10(24)14(27)13(9)19/h3-4,7-8,15,24,27H,5-6H2,1-2H3,(H,20,28)(H,22,25)(H,29,30)(H,31,32)/b21-7+/t8-,15+,18+/m1/s1. The molecule has 33 heavy (non-hydrogen) atoms. The number of nitrogens with zero attached hydrogens (tertiary/aromatic N) is 2. The lowest BCUT2D eigenvalue weighted by molar-refractivity contribution is -0.161. The van der Waals surface area contributed by atoms with Crippen LogP contribution in [0.3, 0.4) is 0 Å². The van der Waals surface area contributed by atoms with Crippen LogP contribution >= 0.6 is 11.6 Å². The summed E-state index contributed by atoms with van der Waals surface area (Å²) >= 11 is 2.97. The van der Waals surface area contributed by atoms with Crippen molar-refractivity contribution < 1.29 is 43.3 Å². The van der Waals surface area contributed by atoms with Gasteiger partial charge in [0.15, 0.2) is 28.6 Å². The number of amides is 3. The Morgan fingerprint density at radius 2 is 2.03 bits per heavy atom. The van der Waals surface area contributed by atoms with E-state index in [4.69, 9.17) is 11.6 Å². The number of carbonyl (C=O) groups is 4. The number of carboxylic acid groups (broad SMARTS) is 1. The number of halogens is 1. The number of aromatic hydroxyl groups is 2. The molecule has 1 heterocycles. The summed E-state index contributed by atoms with van der Waals surface area (Å²) in [6, 6.07) is -0.0384. The van der Waals surface area contributed by atoms with Crippen LogP contribution in [0.2, 0.25) is 5.02 Å². The number of hydrogen-bond donors (Lipinski definition) is 6. The molecule has 1 aliphatic heterocycles. The molecule has 1 fully saturated rings. The van der Waals surface area contributed by atoms with E-state index in [1.54, 1.807) is 6.92 Å². The van der Waals surface area contributed by atoms with Crippen LogP contribution in [0.4, 0.5) is 0 Å². The highest BCUT2D eigenvalue weighted by Crippen LogP contribution is 2.35. The summed E-state index contributed by atoms with van der Waals surface area (Å²) in [5.41, 5.74) is 1.76. The molecule has 180 valence electrons. The minimum absolute atomic E-state index is 0.0916. The highest BCUT2D eigenvalue weighted by Gasteiger charge is 2.53. The maximum atomic E-state index is 12.1. The van der Waals surface area contributed by atoms with Gasteiger partial charge in [-0.25, -0.2) is 14.4 Å². The van der Waals surface area contributed by atoms with Gasteiger partial charge in [-0.15, -0.1) is 0 Å². The minimum Gasteiger partial charge on any atom is -0.504 e. The Morgan fingerprint density at radius 3 is 2.55 bits per heavy atom. The molecule has 1 aliphatic rings. The highest BCUT2D eigenvalue weighted by atomic mass is 35.5. The molecule has 0 aromatic heterocycles. The van der Waals surface area contributed by atoms with Crippen molar-refractivity contribution in [1.82, 2.24) is 15.6 Å². The molecule has 0 bridgehead atoms. The van der Waals surface area contributed by atoms with Crippen LogP contribution in [0.1, 0.15) is 30.6 Å². The van der Waals surface area contributed by atoms with Crippen LogP contribution in [0.25, 0.3) is 0 Å². The monoisotopic (exact) mass is 504 g/mol. The van der Waals surface area contributed by atoms with Crippen LogP contribution in [-0.4, -0.2) is 82.3 Å². The predicted molar refractivity (Wildman–Crippen MR) is 115 cm³/mol. The van der Waals surface area contributed by atoms with Gasteiger partial charge in [-0.05, 0) is 26.0 Å². The van der Waals surface area contributed by atoms with Gasteiger partial charge in [0.1, 0.15) is 4.75 Å². The molecule has 1 saturated heterocycles. The molecule has 0 aliphatic carbocycles. The topological polar surface area (TPSA) is 206 Å². The third kappa shape index (κ3) is 5.40. The van der Waals surface area contributed by atoms with Crippen molar-refractivity contribution in [3.8, 4) is 11.5 Å². The number of phenols is 2. The summed E-state index contributed by atoms with van der Waals surface area (Å²) in [5, 5.41) is 33.7. The number of hydrogen-bond acceptors (Lipinski definition) is 8. The number of aliphatic carboxylic acids is 1. The van der Waals surface area contributed by atoms with Crippen molar-refractivity contribution in [2.75, 3.05) is 6.54 Å². The van der Waals surface area contributed by atoms with Gasteiger partial charge in [-0.1, -0.05) is 11.6 Å². The van der Waals surface area contributed by atoms with Crippen LogP contribution < -0.4 is 10.7 Å². The van der Waals surface area contributed by atoms with Gasteiger partial charge in [0.2, 0.25) is 5.91 Å². The van der Waals surface area contributed by atoms with E-state index in [2.05, 4.69) is 10.4 Å². The van der Waals surface area contributed by atoms with E-state index >= 15 is 0 Å². The third-order valence-electron chi connectivity index (χ3n) is 4.92. The lowest BCUT2D eigenvalue weighted by atomic mass is 9.92. The van der Waals surface area contributed by atoms with E-state index in [0.29, 0.717) is 0 Å². The fourth-order valence-electron chi connectivity index (χ4n) is 3.10. The number of phenolic OH excluding ortho intramolecular Hbond substituents is 2. The van der Waals surface area contributed by atoms with E-state index in [1.807, 2.05) is 5.43 Å². The molecule has 15 heteroatoms. The van der Waals surface area contributed by atoms with Crippen LogP contribution in [0, 0.1) is 0 Å². The first-order chi connectivity index (χ1) is 15.3. The lowest BCUT2D eigenvalue weighted by Crippen LogP contribution is -2.67. The lowest BCUT2D eigenvalue weighted by Gasteiger charge is -2.46. The molecular formula is C18H21ClN4O9S. The Hall–Kier alpha value is -3.23. The number of β-lactam (4-membered cyclic amide) rings is 1. The molecule has 0 spiro atoms. The second-order valence-electron chi connectivity index (χ2n) is 7.30. The van der Waals surface area contributed by atoms with Crippen LogP contribution in [-0.2, 0) is 25.5 Å². The maximum absolute atomic E-state index is 12.1. The normalized spacial score (nSPS) is 19.3. The van der Waals surface area contributed by atoms with Crippen molar-refractivity contribution in [1.29, 1.82) is 0 Å². The number of carboxylic acids is 1. The molecule has 0 saturated carbocycles. The summed E-state index contributed by atoms with van der Waals surface area (Å²) in [7, 11) is 0. The third-order valence-corrected chi connectivity index (χ3v) is 6.39. The molecule has 0 radical (unpaired) electrons. The molecule has 1 unspecified atom stereocenters. The smallest absolute Gasteiger partial charge is 0.328 e. The Kier molecular flexibility index (Phi) is 8.00. The van der Waals surface area contributed by atoms with Gasteiger partial charge < -0.3 is 30.1 Å². The van der Waals surface area contributed by atoms with Crippen LogP contribution in [0.5, 0.6) is 11.5 Å². The van der Waals surface area contributed by atoms with Crippen molar-refractivity contribution in [2.45, 2.75) is 37.1 Å². The first-order valence-electron chi connectivity index (χ1n) is 9.27. The van der Waals surface area contributed by atoms with Crippen molar-refractivity contribution in [2.24, 2.45) is 5.10 Å². The van der Waals surface area contributed by atoms with E-state index in [9.17, 15) is 43.3 Å². The highest BCUT2D eigenvalue weighted by molar-refractivity contribution is 7.81. The first-order valence-corrected chi connectivity index (χ1v) is 10.8. The van der Waals surface area contributed by atoms with Gasteiger partial charge in [0, 0.05) is 18.7 Å². The van der Waals surface area contributed by atoms with Gasteiger partial charge >= 0.3 is 5.97 Å². The second-order valence-corrected chi connectivity index (χ2v) is 9.05. The maximum Gasteiger partial charge on any atom is 0.328 e. The molecule has 1 aromatic carbocycles. The SMILES string of the molecule is C[C@@H]1CC(=O)N1[C@@H](C(=O)O)[C@](C)(/C=N/NC(=O)CNC(=O)c1ccc(O)c(O)c1Cl)S(=O)O. The number of benzene rings is 1. The number of nitrogens with one attached hydrogen (secondary N) is 2. The zero-order valence-electron chi connectivity index (χ0n) is 17.3. The molecule has 13 nitrogen and oxygen atoms in total. The summed E-state index contributed by atoms with van der Waals surface area (Å²) in [5.74, 6) is -5.03.